The molecule has 1 rings (SSSR count). The average Bonchev–Trinajstić information content (AvgIpc) is 2.29. The largest absolute Gasteiger partial charge is 0.488 e. The molecule has 1 unspecified atom stereocenters. The molecule has 1 aromatic rings. The molecule has 0 spiro atoms. The van der Waals surface area contributed by atoms with Gasteiger partial charge in [-0.05, 0) is 13.0 Å². The number of aliphatic hydroxyl groups is 1. The van der Waals surface area contributed by atoms with Crippen LogP contribution in [0.4, 0.5) is 5.69 Å². The summed E-state index contributed by atoms with van der Waals surface area (Å²) in [5, 5.41) is 19.4. The number of nitro benzene ring substituents is 1. The Balaban J connectivity index is 2.97. The van der Waals surface area contributed by atoms with Crippen LogP contribution in [0.3, 0.4) is 0 Å². The zero-order chi connectivity index (χ0) is 12.1. The third-order valence-electron chi connectivity index (χ3n) is 2.06. The van der Waals surface area contributed by atoms with Gasteiger partial charge >= 0.3 is 0 Å². The van der Waals surface area contributed by atoms with Gasteiger partial charge in [0.05, 0.1) is 11.5 Å². The van der Waals surface area contributed by atoms with Crippen molar-refractivity contribution in [1.82, 2.24) is 0 Å². The zero-order valence-electron chi connectivity index (χ0n) is 8.92. The first-order valence-corrected chi connectivity index (χ1v) is 4.83. The standard InChI is InChI=1S/C10H14N2O4/c1-7(6-13)16-10-3-2-9(12(14)15)4-8(10)5-11/h2-4,7,13H,5-6,11H2,1H3. The summed E-state index contributed by atoms with van der Waals surface area (Å²) in [6.45, 7) is 1.72. The maximum Gasteiger partial charge on any atom is 0.270 e. The van der Waals surface area contributed by atoms with Crippen molar-refractivity contribution in [2.45, 2.75) is 19.6 Å². The highest BCUT2D eigenvalue weighted by molar-refractivity contribution is 5.43. The number of ether oxygens (including phenoxy) is 1. The molecule has 0 aliphatic rings. The van der Waals surface area contributed by atoms with E-state index in [1.54, 1.807) is 6.92 Å². The van der Waals surface area contributed by atoms with Gasteiger partial charge in [-0.3, -0.25) is 10.1 Å². The van der Waals surface area contributed by atoms with Gasteiger partial charge in [0.15, 0.2) is 0 Å². The normalized spacial score (nSPS) is 12.2. The number of aliphatic hydroxyl groups excluding tert-OH is 1. The molecule has 16 heavy (non-hydrogen) atoms. The van der Waals surface area contributed by atoms with Crippen molar-refractivity contribution in [2.75, 3.05) is 6.61 Å². The molecule has 6 nitrogen and oxygen atoms in total. The first kappa shape index (κ1) is 12.4. The van der Waals surface area contributed by atoms with E-state index >= 15 is 0 Å². The minimum Gasteiger partial charge on any atom is -0.488 e. The highest BCUT2D eigenvalue weighted by Crippen LogP contribution is 2.24. The smallest absolute Gasteiger partial charge is 0.270 e. The van der Waals surface area contributed by atoms with Gasteiger partial charge in [-0.15, -0.1) is 0 Å². The highest BCUT2D eigenvalue weighted by Gasteiger charge is 2.12. The number of benzene rings is 1. The second-order valence-electron chi connectivity index (χ2n) is 3.36. The van der Waals surface area contributed by atoms with Crippen LogP contribution in [0, 0.1) is 10.1 Å². The van der Waals surface area contributed by atoms with Crippen molar-refractivity contribution in [3.05, 3.63) is 33.9 Å². The van der Waals surface area contributed by atoms with Gasteiger partial charge in [0.2, 0.25) is 0 Å². The first-order valence-electron chi connectivity index (χ1n) is 4.83. The van der Waals surface area contributed by atoms with Crippen LogP contribution >= 0.6 is 0 Å². The van der Waals surface area contributed by atoms with Gasteiger partial charge in [0, 0.05) is 24.2 Å². The number of nitrogens with two attached hydrogens (primary N) is 1. The van der Waals surface area contributed by atoms with Gasteiger partial charge in [0.25, 0.3) is 5.69 Å². The number of hydrogen-bond donors (Lipinski definition) is 2. The van der Waals surface area contributed by atoms with Crippen LogP contribution in [-0.4, -0.2) is 22.7 Å². The van der Waals surface area contributed by atoms with Crippen molar-refractivity contribution in [3.63, 3.8) is 0 Å². The fourth-order valence-electron chi connectivity index (χ4n) is 1.21. The third kappa shape index (κ3) is 2.91. The topological polar surface area (TPSA) is 98.6 Å². The van der Waals surface area contributed by atoms with Crippen molar-refractivity contribution in [1.29, 1.82) is 0 Å². The molecule has 1 atom stereocenters. The van der Waals surface area contributed by atoms with Crippen molar-refractivity contribution in [3.8, 4) is 5.75 Å². The Morgan fingerprint density at radius 2 is 2.31 bits per heavy atom. The second kappa shape index (κ2) is 5.43. The molecule has 0 aliphatic carbocycles. The van der Waals surface area contributed by atoms with Gasteiger partial charge in [-0.2, -0.15) is 0 Å². The summed E-state index contributed by atoms with van der Waals surface area (Å²) in [5.41, 5.74) is 6.00. The number of nitrogens with zero attached hydrogens (tertiary/aromatic N) is 1. The number of non-ortho nitro benzene ring substituents is 1. The summed E-state index contributed by atoms with van der Waals surface area (Å²) in [4.78, 5) is 10.1. The molecule has 0 amide bonds. The van der Waals surface area contributed by atoms with E-state index in [-0.39, 0.29) is 24.9 Å². The molecule has 6 heteroatoms. The predicted molar refractivity (Wildman–Crippen MR) is 58.2 cm³/mol. The monoisotopic (exact) mass is 226 g/mol. The van der Waals surface area contributed by atoms with Crippen LogP contribution in [0.2, 0.25) is 0 Å². The minimum atomic E-state index is -0.488. The molecule has 0 bridgehead atoms. The lowest BCUT2D eigenvalue weighted by Gasteiger charge is -2.14. The predicted octanol–water partition coefficient (Wildman–Crippen LogP) is 0.813. The lowest BCUT2D eigenvalue weighted by molar-refractivity contribution is -0.384. The van der Waals surface area contributed by atoms with Gasteiger partial charge in [-0.1, -0.05) is 0 Å². The maximum absolute atomic E-state index is 10.5. The minimum absolute atomic E-state index is 0.0237. The molecule has 0 saturated heterocycles. The number of rotatable bonds is 5. The lowest BCUT2D eigenvalue weighted by Crippen LogP contribution is -2.17. The van der Waals surface area contributed by atoms with E-state index in [4.69, 9.17) is 15.6 Å². The fraction of sp³-hybridized carbons (Fsp3) is 0.400. The van der Waals surface area contributed by atoms with Gasteiger partial charge in [-0.25, -0.2) is 0 Å². The Labute approximate surface area is 92.8 Å². The molecule has 0 fully saturated rings. The lowest BCUT2D eigenvalue weighted by atomic mass is 10.2. The van der Waals surface area contributed by atoms with Crippen LogP contribution in [0.15, 0.2) is 18.2 Å². The Bertz CT molecular complexity index is 381. The molecule has 0 aromatic heterocycles. The average molecular weight is 226 g/mol. The van der Waals surface area contributed by atoms with E-state index in [0.717, 1.165) is 0 Å². The Morgan fingerprint density at radius 3 is 2.81 bits per heavy atom. The van der Waals surface area contributed by atoms with E-state index in [2.05, 4.69) is 0 Å². The van der Waals surface area contributed by atoms with E-state index in [1.807, 2.05) is 0 Å². The van der Waals surface area contributed by atoms with Crippen molar-refractivity contribution < 1.29 is 14.8 Å². The van der Waals surface area contributed by atoms with E-state index < -0.39 is 4.92 Å². The quantitative estimate of drug-likeness (QED) is 0.571. The Hall–Kier alpha value is -1.66. The van der Waals surface area contributed by atoms with Crippen LogP contribution in [0.1, 0.15) is 12.5 Å². The summed E-state index contributed by atoms with van der Waals surface area (Å²) in [7, 11) is 0. The highest BCUT2D eigenvalue weighted by atomic mass is 16.6. The summed E-state index contributed by atoms with van der Waals surface area (Å²) in [6, 6.07) is 4.21. The molecule has 0 saturated carbocycles. The summed E-state index contributed by atoms with van der Waals surface area (Å²) >= 11 is 0. The van der Waals surface area contributed by atoms with E-state index in [1.165, 1.54) is 18.2 Å². The number of hydrogen-bond acceptors (Lipinski definition) is 5. The first-order chi connectivity index (χ1) is 7.58. The SMILES string of the molecule is CC(CO)Oc1ccc([N+](=O)[O-])cc1CN. The fourth-order valence-corrected chi connectivity index (χ4v) is 1.21. The van der Waals surface area contributed by atoms with Gasteiger partial charge < -0.3 is 15.6 Å². The molecular weight excluding hydrogens is 212 g/mol. The summed E-state index contributed by atoms with van der Waals surface area (Å²) in [6.07, 6.45) is -0.369. The van der Waals surface area contributed by atoms with Crippen molar-refractivity contribution >= 4 is 5.69 Å². The molecule has 0 radical (unpaired) electrons. The number of nitro groups is 1. The van der Waals surface area contributed by atoms with E-state index in [9.17, 15) is 10.1 Å². The second-order valence-corrected chi connectivity index (χ2v) is 3.36. The van der Waals surface area contributed by atoms with Crippen LogP contribution in [0.25, 0.3) is 0 Å². The third-order valence-corrected chi connectivity index (χ3v) is 2.06. The van der Waals surface area contributed by atoms with Crippen LogP contribution in [0.5, 0.6) is 5.75 Å². The Morgan fingerprint density at radius 1 is 1.62 bits per heavy atom. The van der Waals surface area contributed by atoms with Crippen LogP contribution < -0.4 is 10.5 Å². The molecule has 0 heterocycles. The molecule has 0 aliphatic heterocycles. The molecule has 1 aromatic carbocycles. The van der Waals surface area contributed by atoms with Crippen LogP contribution in [-0.2, 0) is 6.54 Å². The summed E-state index contributed by atoms with van der Waals surface area (Å²) in [5.74, 6) is 0.467. The Kier molecular flexibility index (Phi) is 4.21. The van der Waals surface area contributed by atoms with Crippen molar-refractivity contribution in [2.24, 2.45) is 5.73 Å². The van der Waals surface area contributed by atoms with Gasteiger partial charge in [0.1, 0.15) is 11.9 Å². The van der Waals surface area contributed by atoms with E-state index in [0.29, 0.717) is 11.3 Å². The maximum atomic E-state index is 10.5. The zero-order valence-corrected chi connectivity index (χ0v) is 8.92. The summed E-state index contributed by atoms with van der Waals surface area (Å²) < 4.78 is 5.37. The molecule has 3 N–H and O–H groups in total. The molecular formula is C10H14N2O4. The molecule has 88 valence electrons.